The Hall–Kier alpha value is -2.17. The second-order valence-corrected chi connectivity index (χ2v) is 4.22. The van der Waals surface area contributed by atoms with Crippen molar-refractivity contribution < 1.29 is 19.1 Å². The Bertz CT molecular complexity index is 465. The third-order valence-corrected chi connectivity index (χ3v) is 2.50. The van der Waals surface area contributed by atoms with Gasteiger partial charge in [-0.1, -0.05) is 24.3 Å². The van der Waals surface area contributed by atoms with Gasteiger partial charge in [0.15, 0.2) is 0 Å². The number of ether oxygens (including phenoxy) is 1. The van der Waals surface area contributed by atoms with E-state index in [1.54, 1.807) is 12.1 Å². The molecule has 1 aromatic carbocycles. The van der Waals surface area contributed by atoms with Crippen molar-refractivity contribution in [1.82, 2.24) is 5.32 Å². The maximum Gasteiger partial charge on any atom is 0.325 e. The number of carbonyl (C=O) groups is 3. The highest BCUT2D eigenvalue weighted by Crippen LogP contribution is 2.06. The molecule has 19 heavy (non-hydrogen) atoms. The van der Waals surface area contributed by atoms with E-state index in [0.29, 0.717) is 6.42 Å². The summed E-state index contributed by atoms with van der Waals surface area (Å²) in [6.45, 7) is 1.41. The summed E-state index contributed by atoms with van der Waals surface area (Å²) in [5, 5.41) is 2.46. The number of carbonyl (C=O) groups excluding carboxylic acids is 3. The van der Waals surface area contributed by atoms with E-state index in [0.717, 1.165) is 11.1 Å². The average molecular weight is 263 g/mol. The lowest BCUT2D eigenvalue weighted by molar-refractivity contribution is -0.141. The molecule has 1 rings (SSSR count). The van der Waals surface area contributed by atoms with Gasteiger partial charge in [0.1, 0.15) is 12.3 Å². The molecule has 0 aliphatic rings. The van der Waals surface area contributed by atoms with Crippen LogP contribution in [0.4, 0.5) is 0 Å². The highest BCUT2D eigenvalue weighted by molar-refractivity contribution is 5.83. The molecule has 0 saturated carbocycles. The summed E-state index contributed by atoms with van der Waals surface area (Å²) in [5.74, 6) is -0.626. The quantitative estimate of drug-likeness (QED) is 0.765. The van der Waals surface area contributed by atoms with Gasteiger partial charge in [-0.2, -0.15) is 0 Å². The van der Waals surface area contributed by atoms with Crippen LogP contribution in [0.15, 0.2) is 24.3 Å². The van der Waals surface area contributed by atoms with E-state index >= 15 is 0 Å². The van der Waals surface area contributed by atoms with Crippen molar-refractivity contribution in [3.8, 4) is 0 Å². The highest BCUT2D eigenvalue weighted by atomic mass is 16.5. The molecule has 5 heteroatoms. The van der Waals surface area contributed by atoms with Gasteiger partial charge in [0.25, 0.3) is 0 Å². The Balaban J connectivity index is 2.46. The second-order valence-electron chi connectivity index (χ2n) is 4.22. The first-order chi connectivity index (χ1) is 9.01. The van der Waals surface area contributed by atoms with Crippen LogP contribution in [0.2, 0.25) is 0 Å². The fraction of sp³-hybridized carbons (Fsp3) is 0.357. The van der Waals surface area contributed by atoms with Crippen LogP contribution in [-0.2, 0) is 32.0 Å². The van der Waals surface area contributed by atoms with Crippen LogP contribution in [0.1, 0.15) is 18.1 Å². The summed E-state index contributed by atoms with van der Waals surface area (Å²) in [7, 11) is 1.27. The predicted octanol–water partition coefficient (Wildman–Crippen LogP) is 0.650. The van der Waals surface area contributed by atoms with Crippen molar-refractivity contribution in [2.75, 3.05) is 13.7 Å². The lowest BCUT2D eigenvalue weighted by Gasteiger charge is -2.05. The largest absolute Gasteiger partial charge is 0.468 e. The van der Waals surface area contributed by atoms with Crippen LogP contribution in [0.25, 0.3) is 0 Å². The third-order valence-electron chi connectivity index (χ3n) is 2.50. The summed E-state index contributed by atoms with van der Waals surface area (Å²) in [6.07, 6.45) is 0.589. The number of esters is 1. The molecule has 102 valence electrons. The van der Waals surface area contributed by atoms with Gasteiger partial charge >= 0.3 is 5.97 Å². The average Bonchev–Trinajstić information content (AvgIpc) is 2.37. The number of hydrogen-bond acceptors (Lipinski definition) is 4. The molecule has 0 radical (unpaired) electrons. The van der Waals surface area contributed by atoms with E-state index in [9.17, 15) is 14.4 Å². The number of ketones is 1. The topological polar surface area (TPSA) is 72.5 Å². The molecule has 0 aliphatic carbocycles. The first-order valence-electron chi connectivity index (χ1n) is 5.92. The van der Waals surface area contributed by atoms with Crippen molar-refractivity contribution in [3.05, 3.63) is 35.4 Å². The number of benzene rings is 1. The Morgan fingerprint density at radius 3 is 2.05 bits per heavy atom. The highest BCUT2D eigenvalue weighted by Gasteiger charge is 2.06. The molecule has 0 spiro atoms. The molecule has 0 aliphatic heterocycles. The molecule has 0 atom stereocenters. The van der Waals surface area contributed by atoms with Gasteiger partial charge < -0.3 is 10.1 Å². The molecule has 1 N–H and O–H groups in total. The van der Waals surface area contributed by atoms with Crippen LogP contribution < -0.4 is 5.32 Å². The number of Topliss-reactive ketones (excluding diaryl/α,β-unsaturated/α-hetero) is 1. The van der Waals surface area contributed by atoms with Gasteiger partial charge in [-0.3, -0.25) is 14.4 Å². The molecule has 0 heterocycles. The Labute approximate surface area is 111 Å². The molecular weight excluding hydrogens is 246 g/mol. The molecule has 1 aromatic rings. The van der Waals surface area contributed by atoms with E-state index in [1.807, 2.05) is 12.1 Å². The monoisotopic (exact) mass is 263 g/mol. The fourth-order valence-electron chi connectivity index (χ4n) is 1.55. The minimum atomic E-state index is -0.481. The molecule has 0 unspecified atom stereocenters. The van der Waals surface area contributed by atoms with Crippen molar-refractivity contribution in [2.24, 2.45) is 0 Å². The Morgan fingerprint density at radius 2 is 1.58 bits per heavy atom. The standard InChI is InChI=1S/C14H17NO4/c1-10(16)7-11-3-5-12(6-4-11)8-13(17)15-9-14(18)19-2/h3-6H,7-9H2,1-2H3,(H,15,17). The van der Waals surface area contributed by atoms with E-state index in [2.05, 4.69) is 10.1 Å². The van der Waals surface area contributed by atoms with Gasteiger partial charge in [0, 0.05) is 6.42 Å². The molecule has 0 saturated heterocycles. The van der Waals surface area contributed by atoms with Crippen molar-refractivity contribution >= 4 is 17.7 Å². The van der Waals surface area contributed by atoms with E-state index < -0.39 is 5.97 Å². The predicted molar refractivity (Wildman–Crippen MR) is 69.6 cm³/mol. The van der Waals surface area contributed by atoms with E-state index in [-0.39, 0.29) is 24.7 Å². The maximum atomic E-state index is 11.5. The zero-order chi connectivity index (χ0) is 14.3. The number of amides is 1. The molecule has 5 nitrogen and oxygen atoms in total. The lowest BCUT2D eigenvalue weighted by Crippen LogP contribution is -2.31. The third kappa shape index (κ3) is 5.81. The zero-order valence-electron chi connectivity index (χ0n) is 11.1. The Kier molecular flexibility index (Phi) is 5.73. The van der Waals surface area contributed by atoms with Gasteiger partial charge in [-0.25, -0.2) is 0 Å². The van der Waals surface area contributed by atoms with Crippen LogP contribution >= 0.6 is 0 Å². The number of rotatable bonds is 6. The van der Waals surface area contributed by atoms with Gasteiger partial charge in [0.05, 0.1) is 13.5 Å². The first-order valence-corrected chi connectivity index (χ1v) is 5.92. The molecule has 0 aromatic heterocycles. The van der Waals surface area contributed by atoms with Crippen LogP contribution in [-0.4, -0.2) is 31.3 Å². The molecule has 0 fully saturated rings. The fourth-order valence-corrected chi connectivity index (χ4v) is 1.55. The van der Waals surface area contributed by atoms with Crippen molar-refractivity contribution in [1.29, 1.82) is 0 Å². The van der Waals surface area contributed by atoms with Gasteiger partial charge in [-0.05, 0) is 18.1 Å². The summed E-state index contributed by atoms with van der Waals surface area (Å²) in [4.78, 5) is 33.3. The normalized spacial score (nSPS) is 9.79. The molecule has 0 bridgehead atoms. The lowest BCUT2D eigenvalue weighted by atomic mass is 10.1. The van der Waals surface area contributed by atoms with Gasteiger partial charge in [-0.15, -0.1) is 0 Å². The Morgan fingerprint density at radius 1 is 1.05 bits per heavy atom. The minimum Gasteiger partial charge on any atom is -0.468 e. The molecule has 1 amide bonds. The van der Waals surface area contributed by atoms with Crippen molar-refractivity contribution in [2.45, 2.75) is 19.8 Å². The summed E-state index contributed by atoms with van der Waals surface area (Å²) in [5.41, 5.74) is 1.75. The van der Waals surface area contributed by atoms with Crippen LogP contribution in [0.5, 0.6) is 0 Å². The molecular formula is C14H17NO4. The zero-order valence-corrected chi connectivity index (χ0v) is 11.1. The smallest absolute Gasteiger partial charge is 0.325 e. The minimum absolute atomic E-state index is 0.101. The van der Waals surface area contributed by atoms with E-state index in [1.165, 1.54) is 14.0 Å². The van der Waals surface area contributed by atoms with E-state index in [4.69, 9.17) is 0 Å². The SMILES string of the molecule is COC(=O)CNC(=O)Cc1ccc(CC(C)=O)cc1. The van der Waals surface area contributed by atoms with Gasteiger partial charge in [0.2, 0.25) is 5.91 Å². The number of nitrogens with one attached hydrogen (secondary N) is 1. The first kappa shape index (κ1) is 14.9. The van der Waals surface area contributed by atoms with Crippen LogP contribution in [0, 0.1) is 0 Å². The second kappa shape index (κ2) is 7.31. The summed E-state index contributed by atoms with van der Waals surface area (Å²) < 4.78 is 4.42. The maximum absolute atomic E-state index is 11.5. The number of hydrogen-bond donors (Lipinski definition) is 1. The summed E-state index contributed by atoms with van der Waals surface area (Å²) >= 11 is 0. The van der Waals surface area contributed by atoms with Crippen LogP contribution in [0.3, 0.4) is 0 Å². The number of methoxy groups -OCH3 is 1. The summed E-state index contributed by atoms with van der Waals surface area (Å²) in [6, 6.07) is 7.25. The van der Waals surface area contributed by atoms with Crippen molar-refractivity contribution in [3.63, 3.8) is 0 Å².